The van der Waals surface area contributed by atoms with Gasteiger partial charge in [0.25, 0.3) is 0 Å². The maximum Gasteiger partial charge on any atom is 0.244 e. The monoisotopic (exact) mass is 441 g/mol. The van der Waals surface area contributed by atoms with E-state index in [1.807, 2.05) is 6.92 Å². The van der Waals surface area contributed by atoms with Crippen molar-refractivity contribution in [1.82, 2.24) is 5.32 Å². The largest absolute Gasteiger partial charge is 0.385 e. The van der Waals surface area contributed by atoms with E-state index in [0.29, 0.717) is 17.8 Å². The van der Waals surface area contributed by atoms with E-state index in [2.05, 4.69) is 10.6 Å². The molecular weight excluding hydrogens is 419 g/mol. The Bertz CT molecular complexity index is 1050. The summed E-state index contributed by atoms with van der Waals surface area (Å²) in [7, 11) is -3.86. The van der Waals surface area contributed by atoms with Crippen LogP contribution in [0.5, 0.6) is 0 Å². The van der Waals surface area contributed by atoms with E-state index in [1.165, 1.54) is 37.3 Å². The average Bonchev–Trinajstić information content (AvgIpc) is 2.63. The third-order valence-electron chi connectivity index (χ3n) is 4.01. The van der Waals surface area contributed by atoms with Crippen LogP contribution in [0.1, 0.15) is 31.0 Å². The first-order valence-electron chi connectivity index (χ1n) is 8.99. The van der Waals surface area contributed by atoms with Crippen molar-refractivity contribution in [3.63, 3.8) is 0 Å². The lowest BCUT2D eigenvalue weighted by Gasteiger charge is -2.15. The highest BCUT2D eigenvalue weighted by Crippen LogP contribution is 2.25. The van der Waals surface area contributed by atoms with Crippen LogP contribution in [0.3, 0.4) is 0 Å². The Labute approximate surface area is 173 Å². The van der Waals surface area contributed by atoms with Crippen LogP contribution in [0.25, 0.3) is 6.08 Å². The van der Waals surface area contributed by atoms with Crippen molar-refractivity contribution in [1.29, 1.82) is 0 Å². The quantitative estimate of drug-likeness (QED) is 0.544. The van der Waals surface area contributed by atoms with E-state index < -0.39 is 45.1 Å². The van der Waals surface area contributed by atoms with Gasteiger partial charge < -0.3 is 10.6 Å². The van der Waals surface area contributed by atoms with Gasteiger partial charge in [0.15, 0.2) is 11.6 Å². The van der Waals surface area contributed by atoms with E-state index in [1.54, 1.807) is 4.72 Å². The van der Waals surface area contributed by atoms with E-state index in [0.717, 1.165) is 18.4 Å². The Kier molecular flexibility index (Phi) is 7.49. The predicted molar refractivity (Wildman–Crippen MR) is 111 cm³/mol. The number of hydrogen-bond acceptors (Lipinski definition) is 4. The number of nitrogens with one attached hydrogen (secondary N) is 3. The van der Waals surface area contributed by atoms with Crippen molar-refractivity contribution >= 4 is 33.4 Å². The first-order valence-corrected chi connectivity index (χ1v) is 10.9. The van der Waals surface area contributed by atoms with Crippen LogP contribution in [0.4, 0.5) is 24.5 Å². The highest BCUT2D eigenvalue weighted by atomic mass is 32.2. The zero-order chi connectivity index (χ0) is 22.5. The molecule has 0 radical (unpaired) electrons. The number of rotatable bonds is 8. The molecule has 0 saturated heterocycles. The molecule has 0 unspecified atom stereocenters. The van der Waals surface area contributed by atoms with Gasteiger partial charge in [0.1, 0.15) is 11.5 Å². The van der Waals surface area contributed by atoms with E-state index in [-0.39, 0.29) is 5.56 Å². The van der Waals surface area contributed by atoms with Gasteiger partial charge >= 0.3 is 0 Å². The second-order valence-corrected chi connectivity index (χ2v) is 8.31. The zero-order valence-corrected chi connectivity index (χ0v) is 17.4. The summed E-state index contributed by atoms with van der Waals surface area (Å²) in [6.45, 7) is 3.93. The van der Waals surface area contributed by atoms with Crippen LogP contribution in [-0.2, 0) is 14.8 Å². The standard InChI is InChI=1S/C20H22F3N3O3S/c1-4-24-18-11-15(21)7-5-13(18)6-8-19(27)25-12(2)14-9-16(22)20(17(23)10-14)26-30(3,28)29/h5-12,24,26H,4H2,1-3H3,(H,25,27)/b8-6+/t12-/m1/s1. The SMILES string of the molecule is CCNc1cc(F)ccc1/C=C/C(=O)N[C@H](C)c1cc(F)c(NS(C)(=O)=O)c(F)c1. The summed E-state index contributed by atoms with van der Waals surface area (Å²) in [4.78, 5) is 12.2. The number of amides is 1. The molecule has 0 bridgehead atoms. The summed E-state index contributed by atoms with van der Waals surface area (Å²) in [6, 6.07) is 5.20. The lowest BCUT2D eigenvalue weighted by Crippen LogP contribution is -2.25. The number of halogens is 3. The van der Waals surface area contributed by atoms with Crippen LogP contribution in [0.15, 0.2) is 36.4 Å². The molecule has 1 amide bonds. The van der Waals surface area contributed by atoms with Crippen LogP contribution >= 0.6 is 0 Å². The zero-order valence-electron chi connectivity index (χ0n) is 16.6. The third kappa shape index (κ3) is 6.51. The van der Waals surface area contributed by atoms with Gasteiger partial charge in [0.05, 0.1) is 12.3 Å². The molecule has 0 aliphatic carbocycles. The first-order chi connectivity index (χ1) is 14.0. The summed E-state index contributed by atoms with van der Waals surface area (Å²) in [5, 5.41) is 5.55. The summed E-state index contributed by atoms with van der Waals surface area (Å²) in [6.07, 6.45) is 3.48. The summed E-state index contributed by atoms with van der Waals surface area (Å²) < 4.78 is 65.8. The topological polar surface area (TPSA) is 87.3 Å². The molecule has 10 heteroatoms. The van der Waals surface area contributed by atoms with Crippen molar-refractivity contribution < 1.29 is 26.4 Å². The fourth-order valence-corrected chi connectivity index (χ4v) is 3.22. The number of carbonyl (C=O) groups is 1. The first kappa shape index (κ1) is 23.3. The van der Waals surface area contributed by atoms with Gasteiger partial charge in [-0.05, 0) is 61.4 Å². The molecule has 1 atom stereocenters. The number of carbonyl (C=O) groups excluding carboxylic acids is 1. The summed E-state index contributed by atoms with van der Waals surface area (Å²) in [5.41, 5.74) is 0.440. The normalized spacial score (nSPS) is 12.6. The van der Waals surface area contributed by atoms with Crippen molar-refractivity contribution in [2.45, 2.75) is 19.9 Å². The number of benzene rings is 2. The van der Waals surface area contributed by atoms with Crippen LogP contribution in [-0.4, -0.2) is 27.1 Å². The van der Waals surface area contributed by atoms with Crippen molar-refractivity contribution in [3.8, 4) is 0 Å². The maximum absolute atomic E-state index is 14.1. The van der Waals surface area contributed by atoms with Crippen LogP contribution < -0.4 is 15.4 Å². The van der Waals surface area contributed by atoms with Crippen molar-refractivity contribution in [2.75, 3.05) is 22.8 Å². The lowest BCUT2D eigenvalue weighted by molar-refractivity contribution is -0.117. The van der Waals surface area contributed by atoms with E-state index >= 15 is 0 Å². The Hall–Kier alpha value is -3.01. The molecule has 0 aliphatic heterocycles. The summed E-state index contributed by atoms with van der Waals surface area (Å²) >= 11 is 0. The maximum atomic E-state index is 14.1. The predicted octanol–water partition coefficient (Wildman–Crippen LogP) is 3.80. The summed E-state index contributed by atoms with van der Waals surface area (Å²) in [5.74, 6) is -3.16. The Balaban J connectivity index is 2.14. The molecular formula is C20H22F3N3O3S. The number of hydrogen-bond donors (Lipinski definition) is 3. The van der Waals surface area contributed by atoms with Gasteiger partial charge in [-0.1, -0.05) is 0 Å². The van der Waals surface area contributed by atoms with Gasteiger partial charge in [-0.25, -0.2) is 21.6 Å². The Morgan fingerprint density at radius 1 is 1.13 bits per heavy atom. The van der Waals surface area contributed by atoms with Gasteiger partial charge in [-0.3, -0.25) is 9.52 Å². The Morgan fingerprint density at radius 3 is 2.33 bits per heavy atom. The van der Waals surface area contributed by atoms with E-state index in [9.17, 15) is 26.4 Å². The second kappa shape index (κ2) is 9.66. The molecule has 3 N–H and O–H groups in total. The highest BCUT2D eigenvalue weighted by Gasteiger charge is 2.18. The highest BCUT2D eigenvalue weighted by molar-refractivity contribution is 7.92. The molecule has 0 fully saturated rings. The molecule has 0 heterocycles. The minimum atomic E-state index is -3.86. The second-order valence-electron chi connectivity index (χ2n) is 6.56. The fraction of sp³-hybridized carbons (Fsp3) is 0.250. The molecule has 6 nitrogen and oxygen atoms in total. The van der Waals surface area contributed by atoms with Crippen molar-refractivity contribution in [3.05, 3.63) is 65.0 Å². The molecule has 0 saturated carbocycles. The third-order valence-corrected chi connectivity index (χ3v) is 4.58. The minimum Gasteiger partial charge on any atom is -0.385 e. The number of anilines is 2. The molecule has 2 rings (SSSR count). The minimum absolute atomic E-state index is 0.112. The van der Waals surface area contributed by atoms with Gasteiger partial charge in [0.2, 0.25) is 15.9 Å². The van der Waals surface area contributed by atoms with Gasteiger partial charge in [0, 0.05) is 18.3 Å². The Morgan fingerprint density at radius 2 is 1.77 bits per heavy atom. The van der Waals surface area contributed by atoms with Crippen molar-refractivity contribution in [2.24, 2.45) is 0 Å². The van der Waals surface area contributed by atoms with Crippen LogP contribution in [0.2, 0.25) is 0 Å². The molecule has 162 valence electrons. The van der Waals surface area contributed by atoms with Gasteiger partial charge in [-0.15, -0.1) is 0 Å². The average molecular weight is 441 g/mol. The smallest absolute Gasteiger partial charge is 0.244 e. The molecule has 2 aromatic carbocycles. The molecule has 0 spiro atoms. The molecule has 2 aromatic rings. The lowest BCUT2D eigenvalue weighted by atomic mass is 10.1. The molecule has 0 aliphatic rings. The molecule has 30 heavy (non-hydrogen) atoms. The fourth-order valence-electron chi connectivity index (χ4n) is 2.65. The van der Waals surface area contributed by atoms with E-state index in [4.69, 9.17) is 0 Å². The molecule has 0 aromatic heterocycles. The number of sulfonamides is 1. The van der Waals surface area contributed by atoms with Gasteiger partial charge in [-0.2, -0.15) is 0 Å². The van der Waals surface area contributed by atoms with Crippen LogP contribution in [0, 0.1) is 17.5 Å².